The molecule has 3 aromatic heterocycles. The van der Waals surface area contributed by atoms with E-state index in [0.717, 1.165) is 32.2 Å². The van der Waals surface area contributed by atoms with Crippen LogP contribution in [0.3, 0.4) is 0 Å². The van der Waals surface area contributed by atoms with Crippen molar-refractivity contribution in [3.05, 3.63) is 52.9 Å². The molecule has 0 radical (unpaired) electrons. The summed E-state index contributed by atoms with van der Waals surface area (Å²) >= 11 is 4.46. The zero-order valence-electron chi connectivity index (χ0n) is 18.1. The topological polar surface area (TPSA) is 95.5 Å². The SMILES string of the molecule is CCOCCN(c1cccc2cc(-c3ncc(CSCCO)s3)[nH]c12)S(=O)(=O)c1cccs1. The minimum atomic E-state index is -3.73. The van der Waals surface area contributed by atoms with E-state index in [1.807, 2.05) is 37.4 Å². The summed E-state index contributed by atoms with van der Waals surface area (Å²) in [5, 5.41) is 12.5. The van der Waals surface area contributed by atoms with Crippen LogP contribution in [0.1, 0.15) is 11.8 Å². The van der Waals surface area contributed by atoms with Crippen LogP contribution in [-0.2, 0) is 20.5 Å². The quantitative estimate of drug-likeness (QED) is 0.259. The zero-order chi connectivity index (χ0) is 23.3. The molecule has 33 heavy (non-hydrogen) atoms. The number of rotatable bonds is 12. The number of para-hydroxylation sites is 1. The van der Waals surface area contributed by atoms with Gasteiger partial charge in [0.25, 0.3) is 10.0 Å². The molecule has 11 heteroatoms. The number of thioether (sulfide) groups is 1. The van der Waals surface area contributed by atoms with E-state index >= 15 is 0 Å². The predicted molar refractivity (Wildman–Crippen MR) is 138 cm³/mol. The van der Waals surface area contributed by atoms with Gasteiger partial charge in [0.1, 0.15) is 9.22 Å². The van der Waals surface area contributed by atoms with Gasteiger partial charge in [-0.3, -0.25) is 4.31 Å². The molecule has 3 heterocycles. The molecule has 0 saturated carbocycles. The Labute approximate surface area is 205 Å². The van der Waals surface area contributed by atoms with Crippen molar-refractivity contribution in [2.45, 2.75) is 16.9 Å². The summed E-state index contributed by atoms with van der Waals surface area (Å²) in [6.45, 7) is 3.08. The van der Waals surface area contributed by atoms with Crippen LogP contribution in [-0.4, -0.2) is 55.6 Å². The molecule has 0 aliphatic heterocycles. The summed E-state index contributed by atoms with van der Waals surface area (Å²) in [5.41, 5.74) is 2.18. The first-order chi connectivity index (χ1) is 16.0. The lowest BCUT2D eigenvalue weighted by Crippen LogP contribution is -2.34. The van der Waals surface area contributed by atoms with Gasteiger partial charge in [-0.05, 0) is 30.5 Å². The van der Waals surface area contributed by atoms with Crippen molar-refractivity contribution in [2.75, 3.05) is 36.4 Å². The van der Waals surface area contributed by atoms with Crippen LogP contribution in [0.15, 0.2) is 52.2 Å². The molecule has 1 aromatic carbocycles. The number of sulfonamides is 1. The maximum atomic E-state index is 13.5. The Morgan fingerprint density at radius 2 is 2.15 bits per heavy atom. The van der Waals surface area contributed by atoms with E-state index in [2.05, 4.69) is 9.97 Å². The number of H-pyrrole nitrogens is 1. The molecule has 0 spiro atoms. The van der Waals surface area contributed by atoms with E-state index in [-0.39, 0.29) is 13.2 Å². The second-order valence-electron chi connectivity index (χ2n) is 7.04. The van der Waals surface area contributed by atoms with E-state index < -0.39 is 10.0 Å². The predicted octanol–water partition coefficient (Wildman–Crippen LogP) is 4.81. The molecule has 4 aromatic rings. The van der Waals surface area contributed by atoms with Gasteiger partial charge < -0.3 is 14.8 Å². The van der Waals surface area contributed by atoms with E-state index in [0.29, 0.717) is 28.9 Å². The van der Waals surface area contributed by atoms with E-state index in [1.165, 1.54) is 15.6 Å². The molecule has 0 atom stereocenters. The number of ether oxygens (including phenoxy) is 1. The lowest BCUT2D eigenvalue weighted by atomic mass is 10.2. The van der Waals surface area contributed by atoms with Gasteiger partial charge in [0.15, 0.2) is 0 Å². The Morgan fingerprint density at radius 1 is 1.27 bits per heavy atom. The number of thiophene rings is 1. The van der Waals surface area contributed by atoms with Crippen LogP contribution in [0, 0.1) is 0 Å². The Hall–Kier alpha value is -1.89. The molecule has 4 rings (SSSR count). The summed E-state index contributed by atoms with van der Waals surface area (Å²) in [4.78, 5) is 9.08. The van der Waals surface area contributed by atoms with Gasteiger partial charge in [-0.1, -0.05) is 18.2 Å². The summed E-state index contributed by atoms with van der Waals surface area (Å²) in [6.07, 6.45) is 1.85. The lowest BCUT2D eigenvalue weighted by molar-refractivity contribution is 0.156. The Bertz CT molecular complexity index is 1280. The number of nitrogens with zero attached hydrogens (tertiary/aromatic N) is 2. The fourth-order valence-corrected chi connectivity index (χ4v) is 7.66. The largest absolute Gasteiger partial charge is 0.396 e. The van der Waals surface area contributed by atoms with Gasteiger partial charge >= 0.3 is 0 Å². The van der Waals surface area contributed by atoms with Crippen molar-refractivity contribution >= 4 is 61.0 Å². The van der Waals surface area contributed by atoms with Crippen LogP contribution in [0.4, 0.5) is 5.69 Å². The van der Waals surface area contributed by atoms with Crippen molar-refractivity contribution in [1.82, 2.24) is 9.97 Å². The standard InChI is InChI=1S/C22H25N3O4S4/c1-2-29-10-8-25(33(27,28)20-7-4-11-31-20)19-6-3-5-16-13-18(24-21(16)19)22-23-14-17(32-22)15-30-12-9-26/h3-7,11,13-14,24,26H,2,8-10,12,15H2,1H3. The summed E-state index contributed by atoms with van der Waals surface area (Å²) in [6, 6.07) is 11.0. The third-order valence-electron chi connectivity index (χ3n) is 4.85. The fraction of sp³-hybridized carbons (Fsp3) is 0.318. The minimum Gasteiger partial charge on any atom is -0.396 e. The number of aliphatic hydroxyl groups is 1. The number of nitrogens with one attached hydrogen (secondary N) is 1. The van der Waals surface area contributed by atoms with Gasteiger partial charge in [0.05, 0.1) is 36.7 Å². The summed E-state index contributed by atoms with van der Waals surface area (Å²) in [7, 11) is -3.73. The molecular formula is C22H25N3O4S4. The van der Waals surface area contributed by atoms with Crippen molar-refractivity contribution in [3.63, 3.8) is 0 Å². The smallest absolute Gasteiger partial charge is 0.273 e. The molecule has 176 valence electrons. The van der Waals surface area contributed by atoms with Gasteiger partial charge in [0, 0.05) is 34.6 Å². The van der Waals surface area contributed by atoms with Gasteiger partial charge in [-0.25, -0.2) is 13.4 Å². The monoisotopic (exact) mass is 523 g/mol. The third-order valence-corrected chi connectivity index (χ3v) is 10.2. The highest BCUT2D eigenvalue weighted by Crippen LogP contribution is 2.35. The Balaban J connectivity index is 1.71. The second-order valence-corrected chi connectivity index (χ2v) is 12.3. The van der Waals surface area contributed by atoms with Crippen LogP contribution in [0.2, 0.25) is 0 Å². The van der Waals surface area contributed by atoms with E-state index in [4.69, 9.17) is 9.84 Å². The molecule has 2 N–H and O–H groups in total. The van der Waals surface area contributed by atoms with Crippen molar-refractivity contribution in [2.24, 2.45) is 0 Å². The average Bonchev–Trinajstić information content (AvgIpc) is 3.57. The Morgan fingerprint density at radius 3 is 2.91 bits per heavy atom. The lowest BCUT2D eigenvalue weighted by Gasteiger charge is -2.24. The molecule has 0 amide bonds. The van der Waals surface area contributed by atoms with Crippen molar-refractivity contribution in [3.8, 4) is 10.7 Å². The molecule has 7 nitrogen and oxygen atoms in total. The molecule has 0 aliphatic carbocycles. The number of aromatic amines is 1. The first-order valence-corrected chi connectivity index (χ1v) is 14.7. The van der Waals surface area contributed by atoms with Crippen LogP contribution in [0.5, 0.6) is 0 Å². The highest BCUT2D eigenvalue weighted by molar-refractivity contribution is 7.98. The molecule has 0 fully saturated rings. The molecular weight excluding hydrogens is 499 g/mol. The number of aliphatic hydroxyl groups excluding tert-OH is 1. The van der Waals surface area contributed by atoms with Gasteiger partial charge in [-0.15, -0.1) is 22.7 Å². The number of fused-ring (bicyclic) bond motifs is 1. The van der Waals surface area contributed by atoms with E-state index in [9.17, 15) is 8.42 Å². The summed E-state index contributed by atoms with van der Waals surface area (Å²) < 4.78 is 34.2. The number of hydrogen-bond acceptors (Lipinski definition) is 8. The molecule has 0 saturated heterocycles. The van der Waals surface area contributed by atoms with Gasteiger partial charge in [0.2, 0.25) is 0 Å². The third kappa shape index (κ3) is 5.44. The maximum absolute atomic E-state index is 13.5. The number of anilines is 1. The number of hydrogen-bond donors (Lipinski definition) is 2. The normalized spacial score (nSPS) is 11.9. The highest BCUT2D eigenvalue weighted by Gasteiger charge is 2.27. The second kappa shape index (κ2) is 11.0. The molecule has 0 bridgehead atoms. The fourth-order valence-electron chi connectivity index (χ4n) is 3.38. The van der Waals surface area contributed by atoms with Gasteiger partial charge in [-0.2, -0.15) is 11.8 Å². The first-order valence-electron chi connectivity index (χ1n) is 10.4. The minimum absolute atomic E-state index is 0.162. The van der Waals surface area contributed by atoms with Crippen molar-refractivity contribution < 1.29 is 18.3 Å². The Kier molecular flexibility index (Phi) is 8.10. The zero-order valence-corrected chi connectivity index (χ0v) is 21.3. The molecule has 0 aliphatic rings. The van der Waals surface area contributed by atoms with Crippen LogP contribution < -0.4 is 4.31 Å². The van der Waals surface area contributed by atoms with E-state index in [1.54, 1.807) is 40.6 Å². The highest BCUT2D eigenvalue weighted by atomic mass is 32.2. The number of thiazole rings is 1. The first kappa shape index (κ1) is 24.2. The number of benzene rings is 1. The molecule has 0 unspecified atom stereocenters. The van der Waals surface area contributed by atoms with Crippen LogP contribution >= 0.6 is 34.4 Å². The van der Waals surface area contributed by atoms with Crippen LogP contribution in [0.25, 0.3) is 21.6 Å². The summed E-state index contributed by atoms with van der Waals surface area (Å²) in [5.74, 6) is 1.49. The average molecular weight is 524 g/mol. The van der Waals surface area contributed by atoms with Crippen molar-refractivity contribution in [1.29, 1.82) is 0 Å². The number of aromatic nitrogens is 2. The maximum Gasteiger partial charge on any atom is 0.273 e.